The van der Waals surface area contributed by atoms with Crippen molar-refractivity contribution in [3.05, 3.63) is 96.1 Å². The van der Waals surface area contributed by atoms with Crippen molar-refractivity contribution >= 4 is 40.9 Å². The van der Waals surface area contributed by atoms with Gasteiger partial charge in [0.25, 0.3) is 5.91 Å². The topological polar surface area (TPSA) is 69.7 Å². The molecule has 0 bridgehead atoms. The third-order valence-electron chi connectivity index (χ3n) is 7.70. The van der Waals surface area contributed by atoms with E-state index in [4.69, 9.17) is 0 Å². The highest BCUT2D eigenvalue weighted by Gasteiger charge is 2.71. The lowest BCUT2D eigenvalue weighted by molar-refractivity contribution is -0.132. The molecule has 6 nitrogen and oxygen atoms in total. The van der Waals surface area contributed by atoms with Crippen LogP contribution in [0.4, 0.5) is 11.4 Å². The summed E-state index contributed by atoms with van der Waals surface area (Å²) in [5, 5.41) is 3.58. The lowest BCUT2D eigenvalue weighted by Crippen LogP contribution is -2.55. The van der Waals surface area contributed by atoms with Gasteiger partial charge in [-0.15, -0.1) is 0 Å². The molecule has 3 heterocycles. The number of nitrogens with one attached hydrogen (secondary N) is 1. The van der Waals surface area contributed by atoms with Gasteiger partial charge < -0.3 is 4.90 Å². The Morgan fingerprint density at radius 3 is 2.25 bits per heavy atom. The smallest absolute Gasteiger partial charge is 0.253 e. The molecular formula is C29H27N3O3S. The van der Waals surface area contributed by atoms with Gasteiger partial charge in [0, 0.05) is 17.3 Å². The Labute approximate surface area is 214 Å². The summed E-state index contributed by atoms with van der Waals surface area (Å²) >= 11 is 1.70. The predicted molar refractivity (Wildman–Crippen MR) is 142 cm³/mol. The van der Waals surface area contributed by atoms with E-state index in [0.717, 1.165) is 22.6 Å². The van der Waals surface area contributed by atoms with E-state index in [1.54, 1.807) is 28.8 Å². The maximum Gasteiger partial charge on any atom is 0.253 e. The Hall–Kier alpha value is -3.42. The van der Waals surface area contributed by atoms with Crippen molar-refractivity contribution in [1.82, 2.24) is 5.32 Å². The summed E-state index contributed by atoms with van der Waals surface area (Å²) in [6, 6.07) is 26.3. The van der Waals surface area contributed by atoms with Gasteiger partial charge in [0.1, 0.15) is 5.54 Å². The molecule has 3 aliphatic heterocycles. The van der Waals surface area contributed by atoms with Gasteiger partial charge in [-0.3, -0.25) is 19.7 Å². The summed E-state index contributed by atoms with van der Waals surface area (Å²) < 4.78 is 0. The molecule has 3 aromatic rings. The second-order valence-electron chi connectivity index (χ2n) is 9.59. The van der Waals surface area contributed by atoms with E-state index in [1.807, 2.05) is 79.1 Å². The third-order valence-corrected chi connectivity index (χ3v) is 8.34. The molecule has 3 aliphatic rings. The van der Waals surface area contributed by atoms with Crippen LogP contribution in [0.25, 0.3) is 0 Å². The van der Waals surface area contributed by atoms with Gasteiger partial charge in [0.05, 0.1) is 24.1 Å². The highest BCUT2D eigenvalue weighted by molar-refractivity contribution is 7.98. The number of amides is 3. The summed E-state index contributed by atoms with van der Waals surface area (Å²) in [6.45, 7) is 0.400. The molecule has 2 saturated heterocycles. The van der Waals surface area contributed by atoms with E-state index in [9.17, 15) is 14.4 Å². The monoisotopic (exact) mass is 497 g/mol. The lowest BCUT2D eigenvalue weighted by atomic mass is 9.76. The van der Waals surface area contributed by atoms with Crippen molar-refractivity contribution in [2.45, 2.75) is 24.5 Å². The first kappa shape index (κ1) is 23.0. The van der Waals surface area contributed by atoms with Crippen LogP contribution in [0.3, 0.4) is 0 Å². The lowest BCUT2D eigenvalue weighted by Gasteiger charge is -2.30. The summed E-state index contributed by atoms with van der Waals surface area (Å²) in [7, 11) is 0. The molecule has 1 N–H and O–H groups in total. The van der Waals surface area contributed by atoms with Crippen LogP contribution >= 0.6 is 11.8 Å². The van der Waals surface area contributed by atoms with Crippen LogP contribution in [0.2, 0.25) is 0 Å². The highest BCUT2D eigenvalue weighted by atomic mass is 32.2. The molecule has 0 unspecified atom stereocenters. The largest absolute Gasteiger partial charge is 0.306 e. The fourth-order valence-corrected chi connectivity index (χ4v) is 6.68. The number of anilines is 2. The van der Waals surface area contributed by atoms with Gasteiger partial charge in [0.15, 0.2) is 0 Å². The van der Waals surface area contributed by atoms with Crippen molar-refractivity contribution in [3.63, 3.8) is 0 Å². The van der Waals surface area contributed by atoms with E-state index >= 15 is 0 Å². The first-order chi connectivity index (χ1) is 17.6. The second-order valence-corrected chi connectivity index (χ2v) is 10.6. The van der Waals surface area contributed by atoms with E-state index in [1.165, 1.54) is 4.90 Å². The van der Waals surface area contributed by atoms with Crippen molar-refractivity contribution < 1.29 is 14.4 Å². The van der Waals surface area contributed by atoms with Gasteiger partial charge in [0.2, 0.25) is 11.8 Å². The second kappa shape index (κ2) is 8.91. The van der Waals surface area contributed by atoms with Crippen LogP contribution in [-0.4, -0.2) is 35.8 Å². The van der Waals surface area contributed by atoms with Crippen LogP contribution in [0, 0.1) is 11.8 Å². The average Bonchev–Trinajstić information content (AvgIpc) is 3.48. The number of nitrogens with zero attached hydrogens (tertiary/aromatic N) is 2. The van der Waals surface area contributed by atoms with Crippen molar-refractivity contribution in [3.8, 4) is 0 Å². The quantitative estimate of drug-likeness (QED) is 0.522. The fraction of sp³-hybridized carbons (Fsp3) is 0.276. The number of carbonyl (C=O) groups excluding carboxylic acids is 3. The number of hydrogen-bond donors (Lipinski definition) is 1. The first-order valence-electron chi connectivity index (χ1n) is 12.2. The number of imide groups is 1. The van der Waals surface area contributed by atoms with E-state index in [0.29, 0.717) is 18.7 Å². The van der Waals surface area contributed by atoms with Crippen molar-refractivity contribution in [2.75, 3.05) is 21.8 Å². The summed E-state index contributed by atoms with van der Waals surface area (Å²) in [5.41, 5.74) is 1.87. The molecule has 6 rings (SSSR count). The minimum Gasteiger partial charge on any atom is -0.306 e. The number of carbonyl (C=O) groups is 3. The predicted octanol–water partition coefficient (Wildman–Crippen LogP) is 3.96. The molecule has 7 heteroatoms. The Balaban J connectivity index is 1.48. The zero-order valence-corrected chi connectivity index (χ0v) is 20.8. The van der Waals surface area contributed by atoms with Gasteiger partial charge in [-0.05, 0) is 42.2 Å². The average molecular weight is 498 g/mol. The number of fused-ring (bicyclic) bond motifs is 4. The van der Waals surface area contributed by atoms with Gasteiger partial charge >= 0.3 is 0 Å². The Bertz CT molecular complexity index is 1330. The molecule has 182 valence electrons. The number of rotatable bonds is 6. The molecule has 4 atom stereocenters. The molecule has 1 spiro atoms. The molecule has 3 amide bonds. The molecule has 0 aliphatic carbocycles. The molecule has 0 saturated carbocycles. The van der Waals surface area contributed by atoms with E-state index in [-0.39, 0.29) is 23.8 Å². The Morgan fingerprint density at radius 1 is 0.861 bits per heavy atom. The van der Waals surface area contributed by atoms with Crippen molar-refractivity contribution in [1.29, 1.82) is 0 Å². The van der Waals surface area contributed by atoms with Gasteiger partial charge in [-0.1, -0.05) is 66.7 Å². The Morgan fingerprint density at radius 2 is 1.53 bits per heavy atom. The number of para-hydroxylation sites is 2. The first-order valence-corrected chi connectivity index (χ1v) is 13.6. The van der Waals surface area contributed by atoms with E-state index < -0.39 is 17.4 Å². The maximum absolute atomic E-state index is 14.4. The minimum atomic E-state index is -1.27. The molecule has 3 aromatic carbocycles. The molecule has 2 fully saturated rings. The number of benzene rings is 3. The van der Waals surface area contributed by atoms with Gasteiger partial charge in [-0.2, -0.15) is 11.8 Å². The molecular weight excluding hydrogens is 470 g/mol. The van der Waals surface area contributed by atoms with Crippen LogP contribution in [0.15, 0.2) is 84.9 Å². The Kier molecular flexibility index (Phi) is 5.69. The van der Waals surface area contributed by atoms with Gasteiger partial charge in [-0.25, -0.2) is 4.90 Å². The summed E-state index contributed by atoms with van der Waals surface area (Å²) in [5.74, 6) is -1.26. The normalized spacial score (nSPS) is 26.7. The highest BCUT2D eigenvalue weighted by Crippen LogP contribution is 2.55. The summed E-state index contributed by atoms with van der Waals surface area (Å²) in [6.07, 6.45) is 2.72. The zero-order valence-electron chi connectivity index (χ0n) is 20.0. The zero-order chi connectivity index (χ0) is 24.9. The standard InChI is InChI=1S/C29H27N3O3S/c1-36-17-16-22-24-25(27(34)32(26(24)33)20-12-6-3-7-13-20)29(30-22)21-14-8-9-15-23(21)31(28(29)35)18-19-10-4-2-5-11-19/h2-15,22,24-25,30H,16-18H2,1H3/t22-,24-,25-,29-/m0/s1. The van der Waals surface area contributed by atoms with Crippen LogP contribution < -0.4 is 15.1 Å². The fourth-order valence-electron chi connectivity index (χ4n) is 6.19. The summed E-state index contributed by atoms with van der Waals surface area (Å²) in [4.78, 5) is 45.4. The SMILES string of the molecule is CSCC[C@@H]1N[C@]2(C(=O)N(Cc3ccccc3)c3ccccc32)[C@@H]2C(=O)N(c3ccccc3)C(=O)[C@@H]12. The van der Waals surface area contributed by atoms with E-state index in [2.05, 4.69) is 5.32 Å². The van der Waals surface area contributed by atoms with Crippen LogP contribution in [0.5, 0.6) is 0 Å². The molecule has 0 aromatic heterocycles. The molecule has 0 radical (unpaired) electrons. The maximum atomic E-state index is 14.4. The van der Waals surface area contributed by atoms with Crippen LogP contribution in [0.1, 0.15) is 17.5 Å². The van der Waals surface area contributed by atoms with Crippen LogP contribution in [-0.2, 0) is 26.5 Å². The van der Waals surface area contributed by atoms with Crippen molar-refractivity contribution in [2.24, 2.45) is 11.8 Å². The molecule has 36 heavy (non-hydrogen) atoms. The minimum absolute atomic E-state index is 0.162. The number of hydrogen-bond acceptors (Lipinski definition) is 5. The number of thioether (sulfide) groups is 1. The third kappa shape index (κ3) is 3.26.